The van der Waals surface area contributed by atoms with E-state index in [1.807, 2.05) is 19.1 Å². The van der Waals surface area contributed by atoms with Gasteiger partial charge in [-0.25, -0.2) is 4.39 Å². The average molecular weight is 319 g/mol. The highest BCUT2D eigenvalue weighted by Gasteiger charge is 2.04. The molecule has 0 aliphatic carbocycles. The van der Waals surface area contributed by atoms with Crippen molar-refractivity contribution in [2.45, 2.75) is 13.5 Å². The van der Waals surface area contributed by atoms with Crippen LogP contribution in [0.15, 0.2) is 40.9 Å². The van der Waals surface area contributed by atoms with E-state index in [1.54, 1.807) is 12.1 Å². The second-order valence-corrected chi connectivity index (χ2v) is 5.09. The monoisotopic (exact) mass is 318 g/mol. The molecule has 0 bridgehead atoms. The minimum Gasteiger partial charge on any atom is -0.381 e. The number of nitrogens with one attached hydrogen (secondary N) is 1. The Bertz CT molecular complexity index is 647. The summed E-state index contributed by atoms with van der Waals surface area (Å²) >= 11 is 3.33. The van der Waals surface area contributed by atoms with Crippen LogP contribution in [0, 0.1) is 24.1 Å². The van der Waals surface area contributed by atoms with E-state index in [1.165, 1.54) is 12.1 Å². The van der Waals surface area contributed by atoms with E-state index in [2.05, 4.69) is 27.3 Å². The van der Waals surface area contributed by atoms with Gasteiger partial charge in [-0.05, 0) is 42.3 Å². The van der Waals surface area contributed by atoms with Gasteiger partial charge in [-0.3, -0.25) is 0 Å². The average Bonchev–Trinajstić information content (AvgIpc) is 2.39. The highest BCUT2D eigenvalue weighted by molar-refractivity contribution is 9.10. The molecule has 0 unspecified atom stereocenters. The van der Waals surface area contributed by atoms with E-state index in [0.717, 1.165) is 21.3 Å². The first-order valence-electron chi connectivity index (χ1n) is 5.78. The molecule has 2 aromatic carbocycles. The van der Waals surface area contributed by atoms with Gasteiger partial charge < -0.3 is 5.32 Å². The zero-order chi connectivity index (χ0) is 13.8. The largest absolute Gasteiger partial charge is 0.381 e. The summed E-state index contributed by atoms with van der Waals surface area (Å²) in [4.78, 5) is 0. The van der Waals surface area contributed by atoms with Crippen LogP contribution >= 0.6 is 15.9 Å². The third-order valence-electron chi connectivity index (χ3n) is 2.85. The maximum atomic E-state index is 13.0. The molecule has 96 valence electrons. The first-order valence-corrected chi connectivity index (χ1v) is 6.58. The standard InChI is InChI=1S/C15H12BrFN2/c1-10-2-3-11(8-18)6-15(10)19-9-12-4-5-13(17)7-14(12)16/h2-7,19H,9H2,1H3. The molecule has 0 atom stereocenters. The molecule has 2 aromatic rings. The number of hydrogen-bond acceptors (Lipinski definition) is 2. The molecule has 0 aliphatic heterocycles. The van der Waals surface area contributed by atoms with Gasteiger partial charge in [0, 0.05) is 16.7 Å². The highest BCUT2D eigenvalue weighted by atomic mass is 79.9. The molecule has 1 N–H and O–H groups in total. The van der Waals surface area contributed by atoms with E-state index in [-0.39, 0.29) is 5.82 Å². The Hall–Kier alpha value is -1.86. The zero-order valence-corrected chi connectivity index (χ0v) is 12.0. The molecule has 0 spiro atoms. The van der Waals surface area contributed by atoms with Crippen LogP contribution in [0.2, 0.25) is 0 Å². The van der Waals surface area contributed by atoms with Crippen molar-refractivity contribution in [2.75, 3.05) is 5.32 Å². The summed E-state index contributed by atoms with van der Waals surface area (Å²) in [6.45, 7) is 2.54. The van der Waals surface area contributed by atoms with Gasteiger partial charge >= 0.3 is 0 Å². The first kappa shape index (κ1) is 13.6. The van der Waals surface area contributed by atoms with E-state index in [0.29, 0.717) is 12.1 Å². The van der Waals surface area contributed by atoms with Gasteiger partial charge in [-0.1, -0.05) is 28.1 Å². The third-order valence-corrected chi connectivity index (χ3v) is 3.59. The van der Waals surface area contributed by atoms with E-state index >= 15 is 0 Å². The number of nitrogens with zero attached hydrogens (tertiary/aromatic N) is 1. The molecule has 0 amide bonds. The summed E-state index contributed by atoms with van der Waals surface area (Å²) in [5, 5.41) is 12.1. The van der Waals surface area contributed by atoms with E-state index in [4.69, 9.17) is 5.26 Å². The van der Waals surface area contributed by atoms with Crippen LogP contribution in [-0.2, 0) is 6.54 Å². The fourth-order valence-corrected chi connectivity index (χ4v) is 2.23. The Morgan fingerprint density at radius 3 is 2.74 bits per heavy atom. The Morgan fingerprint density at radius 1 is 1.26 bits per heavy atom. The lowest BCUT2D eigenvalue weighted by Gasteiger charge is -2.11. The van der Waals surface area contributed by atoms with Gasteiger partial charge in [0.15, 0.2) is 0 Å². The molecule has 0 saturated carbocycles. The van der Waals surface area contributed by atoms with Gasteiger partial charge in [-0.2, -0.15) is 5.26 Å². The molecule has 0 saturated heterocycles. The maximum absolute atomic E-state index is 13.0. The SMILES string of the molecule is Cc1ccc(C#N)cc1NCc1ccc(F)cc1Br. The third kappa shape index (κ3) is 3.33. The van der Waals surface area contributed by atoms with Gasteiger partial charge in [-0.15, -0.1) is 0 Å². The summed E-state index contributed by atoms with van der Waals surface area (Å²) in [6.07, 6.45) is 0. The lowest BCUT2D eigenvalue weighted by Crippen LogP contribution is -2.02. The molecule has 0 aliphatic rings. The van der Waals surface area contributed by atoms with Crippen LogP contribution in [0.4, 0.5) is 10.1 Å². The Labute approximate surface area is 120 Å². The van der Waals surface area contributed by atoms with Crippen LogP contribution in [-0.4, -0.2) is 0 Å². The van der Waals surface area contributed by atoms with Crippen molar-refractivity contribution < 1.29 is 4.39 Å². The predicted octanol–water partition coefficient (Wildman–Crippen LogP) is 4.38. The minimum absolute atomic E-state index is 0.265. The van der Waals surface area contributed by atoms with Crippen LogP contribution in [0.1, 0.15) is 16.7 Å². The number of aryl methyl sites for hydroxylation is 1. The molecular formula is C15H12BrFN2. The Balaban J connectivity index is 2.16. The first-order chi connectivity index (χ1) is 9.10. The van der Waals surface area contributed by atoms with Crippen LogP contribution in [0.25, 0.3) is 0 Å². The van der Waals surface area contributed by atoms with Gasteiger partial charge in [0.2, 0.25) is 0 Å². The number of nitriles is 1. The smallest absolute Gasteiger partial charge is 0.124 e. The highest BCUT2D eigenvalue weighted by Crippen LogP contribution is 2.21. The molecule has 0 heterocycles. The Kier molecular flexibility index (Phi) is 4.18. The molecule has 19 heavy (non-hydrogen) atoms. The molecule has 4 heteroatoms. The summed E-state index contributed by atoms with van der Waals surface area (Å²) in [6, 6.07) is 12.2. The molecule has 0 radical (unpaired) electrons. The normalized spacial score (nSPS) is 10.0. The lowest BCUT2D eigenvalue weighted by molar-refractivity contribution is 0.626. The van der Waals surface area contributed by atoms with E-state index in [9.17, 15) is 4.39 Å². The summed E-state index contributed by atoms with van der Waals surface area (Å²) < 4.78 is 13.7. The summed E-state index contributed by atoms with van der Waals surface area (Å²) in [7, 11) is 0. The van der Waals surface area contributed by atoms with Crippen molar-refractivity contribution in [3.05, 3.63) is 63.4 Å². The molecule has 0 fully saturated rings. The lowest BCUT2D eigenvalue weighted by atomic mass is 10.1. The minimum atomic E-state index is -0.265. The van der Waals surface area contributed by atoms with Crippen molar-refractivity contribution in [1.82, 2.24) is 0 Å². The Morgan fingerprint density at radius 2 is 2.05 bits per heavy atom. The predicted molar refractivity (Wildman–Crippen MR) is 77.3 cm³/mol. The van der Waals surface area contributed by atoms with Crippen LogP contribution in [0.5, 0.6) is 0 Å². The molecule has 2 rings (SSSR count). The van der Waals surface area contributed by atoms with Gasteiger partial charge in [0.05, 0.1) is 11.6 Å². The number of halogens is 2. The summed E-state index contributed by atoms with van der Waals surface area (Å²) in [5.41, 5.74) is 3.56. The van der Waals surface area contributed by atoms with Crippen LogP contribution in [0.3, 0.4) is 0 Å². The van der Waals surface area contributed by atoms with Crippen molar-refractivity contribution >= 4 is 21.6 Å². The number of anilines is 1. The quantitative estimate of drug-likeness (QED) is 0.911. The number of rotatable bonds is 3. The van der Waals surface area contributed by atoms with Gasteiger partial charge in [0.25, 0.3) is 0 Å². The number of hydrogen-bond donors (Lipinski definition) is 1. The van der Waals surface area contributed by atoms with E-state index < -0.39 is 0 Å². The van der Waals surface area contributed by atoms with Crippen molar-refractivity contribution in [3.8, 4) is 6.07 Å². The van der Waals surface area contributed by atoms with Crippen LogP contribution < -0.4 is 5.32 Å². The van der Waals surface area contributed by atoms with Crippen molar-refractivity contribution in [1.29, 1.82) is 5.26 Å². The topological polar surface area (TPSA) is 35.8 Å². The maximum Gasteiger partial charge on any atom is 0.124 e. The number of benzene rings is 2. The summed E-state index contributed by atoms with van der Waals surface area (Å²) in [5.74, 6) is -0.265. The van der Waals surface area contributed by atoms with Crippen molar-refractivity contribution in [2.24, 2.45) is 0 Å². The fraction of sp³-hybridized carbons (Fsp3) is 0.133. The second-order valence-electron chi connectivity index (χ2n) is 4.23. The molecular weight excluding hydrogens is 307 g/mol. The van der Waals surface area contributed by atoms with Gasteiger partial charge in [0.1, 0.15) is 5.82 Å². The van der Waals surface area contributed by atoms with Crippen molar-refractivity contribution in [3.63, 3.8) is 0 Å². The fourth-order valence-electron chi connectivity index (χ4n) is 1.74. The molecule has 2 nitrogen and oxygen atoms in total. The molecule has 0 aromatic heterocycles. The second kappa shape index (κ2) is 5.85. The zero-order valence-electron chi connectivity index (χ0n) is 10.4.